The van der Waals surface area contributed by atoms with Crippen LogP contribution in [0, 0.1) is 6.92 Å². The lowest BCUT2D eigenvalue weighted by Crippen LogP contribution is -2.12. The number of nitrogens with zero attached hydrogens (tertiary/aromatic N) is 2. The average molecular weight is 376 g/mol. The Kier molecular flexibility index (Phi) is 5.22. The first-order valence-corrected chi connectivity index (χ1v) is 9.09. The van der Waals surface area contributed by atoms with Crippen molar-refractivity contribution in [3.63, 3.8) is 0 Å². The second-order valence-corrected chi connectivity index (χ2v) is 6.96. The summed E-state index contributed by atoms with van der Waals surface area (Å²) in [6, 6.07) is 9.29. The number of carbonyl (C=O) groups is 1. The van der Waals surface area contributed by atoms with Gasteiger partial charge >= 0.3 is 0 Å². The number of aliphatic hydroxyl groups is 1. The normalized spacial score (nSPS) is 11.0. The number of aromatic nitrogens is 2. The summed E-state index contributed by atoms with van der Waals surface area (Å²) in [5, 5.41) is 12.7. The molecule has 0 bridgehead atoms. The van der Waals surface area contributed by atoms with Gasteiger partial charge in [-0.05, 0) is 31.5 Å². The van der Waals surface area contributed by atoms with Crippen molar-refractivity contribution in [2.24, 2.45) is 5.73 Å². The lowest BCUT2D eigenvalue weighted by atomic mass is 10.2. The van der Waals surface area contributed by atoms with Gasteiger partial charge in [0.25, 0.3) is 5.91 Å². The fraction of sp³-hybridized carbons (Fsp3) is 0.222. The molecule has 7 heteroatoms. The van der Waals surface area contributed by atoms with Gasteiger partial charge in [-0.2, -0.15) is 0 Å². The van der Waals surface area contributed by atoms with Crippen LogP contribution >= 0.6 is 22.9 Å². The van der Waals surface area contributed by atoms with Gasteiger partial charge in [0, 0.05) is 34.8 Å². The summed E-state index contributed by atoms with van der Waals surface area (Å²) >= 11 is 7.46. The van der Waals surface area contributed by atoms with Crippen molar-refractivity contribution in [2.75, 3.05) is 6.61 Å². The van der Waals surface area contributed by atoms with Crippen LogP contribution in [0.2, 0.25) is 5.02 Å². The highest BCUT2D eigenvalue weighted by molar-refractivity contribution is 7.13. The van der Waals surface area contributed by atoms with Crippen LogP contribution in [-0.4, -0.2) is 27.2 Å². The second kappa shape index (κ2) is 7.39. The van der Waals surface area contributed by atoms with E-state index in [2.05, 4.69) is 0 Å². The van der Waals surface area contributed by atoms with E-state index < -0.39 is 5.91 Å². The minimum Gasteiger partial charge on any atom is -0.396 e. The van der Waals surface area contributed by atoms with Gasteiger partial charge in [-0.25, -0.2) is 4.98 Å². The Morgan fingerprint density at radius 2 is 2.08 bits per heavy atom. The molecule has 0 aliphatic carbocycles. The van der Waals surface area contributed by atoms with Crippen molar-refractivity contribution in [2.45, 2.75) is 19.9 Å². The van der Waals surface area contributed by atoms with Crippen molar-refractivity contribution in [1.82, 2.24) is 9.55 Å². The fourth-order valence-corrected chi connectivity index (χ4v) is 3.69. The molecular formula is C18H18ClN3O2S. The van der Waals surface area contributed by atoms with Crippen LogP contribution in [0.25, 0.3) is 22.0 Å². The minimum atomic E-state index is -0.463. The molecule has 2 aromatic heterocycles. The molecule has 0 saturated heterocycles. The van der Waals surface area contributed by atoms with Gasteiger partial charge in [0.1, 0.15) is 5.01 Å². The van der Waals surface area contributed by atoms with Crippen molar-refractivity contribution in [3.8, 4) is 22.0 Å². The number of aliphatic hydroxyl groups excluding tert-OH is 1. The molecule has 0 aliphatic heterocycles. The largest absolute Gasteiger partial charge is 0.396 e. The number of carbonyl (C=O) groups excluding carboxylic acids is 1. The average Bonchev–Trinajstić information content (AvgIpc) is 3.18. The van der Waals surface area contributed by atoms with E-state index in [4.69, 9.17) is 27.4 Å². The first-order chi connectivity index (χ1) is 12.0. The highest BCUT2D eigenvalue weighted by atomic mass is 35.5. The van der Waals surface area contributed by atoms with E-state index in [0.717, 1.165) is 27.7 Å². The van der Waals surface area contributed by atoms with E-state index in [1.807, 2.05) is 41.1 Å². The molecule has 3 rings (SSSR count). The van der Waals surface area contributed by atoms with E-state index in [-0.39, 0.29) is 6.61 Å². The third-order valence-corrected chi connectivity index (χ3v) is 5.17. The molecule has 0 fully saturated rings. The summed E-state index contributed by atoms with van der Waals surface area (Å²) in [6.07, 6.45) is 0.592. The van der Waals surface area contributed by atoms with Gasteiger partial charge in [-0.1, -0.05) is 23.7 Å². The molecular weight excluding hydrogens is 358 g/mol. The van der Waals surface area contributed by atoms with Gasteiger partial charge in [0.15, 0.2) is 0 Å². The maximum atomic E-state index is 11.7. The molecule has 5 nitrogen and oxygen atoms in total. The standard InChI is InChI=1S/C18H18ClN3O2S/c1-11-14(17(20)24)9-16(22(11)7-2-8-23)15-10-25-18(21-15)12-3-5-13(19)6-4-12/h3-6,9-10,23H,2,7-8H2,1H3,(H2,20,24). The zero-order valence-electron chi connectivity index (χ0n) is 13.7. The molecule has 25 heavy (non-hydrogen) atoms. The zero-order chi connectivity index (χ0) is 18.0. The summed E-state index contributed by atoms with van der Waals surface area (Å²) in [6.45, 7) is 2.53. The molecule has 0 unspecified atom stereocenters. The Hall–Kier alpha value is -2.15. The molecule has 0 atom stereocenters. The first-order valence-electron chi connectivity index (χ1n) is 7.84. The van der Waals surface area contributed by atoms with E-state index in [9.17, 15) is 4.79 Å². The maximum absolute atomic E-state index is 11.7. The molecule has 0 aliphatic rings. The summed E-state index contributed by atoms with van der Waals surface area (Å²) in [5.41, 5.74) is 9.35. The summed E-state index contributed by atoms with van der Waals surface area (Å²) < 4.78 is 1.98. The predicted octanol–water partition coefficient (Wildman–Crippen LogP) is 3.72. The summed E-state index contributed by atoms with van der Waals surface area (Å²) in [5.74, 6) is -0.463. The lowest BCUT2D eigenvalue weighted by molar-refractivity contribution is 0.0999. The van der Waals surface area contributed by atoms with Crippen LogP contribution in [0.4, 0.5) is 0 Å². The molecule has 0 spiro atoms. The monoisotopic (exact) mass is 375 g/mol. The molecule has 3 N–H and O–H groups in total. The maximum Gasteiger partial charge on any atom is 0.250 e. The zero-order valence-corrected chi connectivity index (χ0v) is 15.3. The van der Waals surface area contributed by atoms with Gasteiger partial charge < -0.3 is 15.4 Å². The molecule has 3 aromatic rings. The van der Waals surface area contributed by atoms with Crippen LogP contribution in [0.3, 0.4) is 0 Å². The number of nitrogens with two attached hydrogens (primary N) is 1. The molecule has 1 amide bonds. The Morgan fingerprint density at radius 3 is 2.72 bits per heavy atom. The van der Waals surface area contributed by atoms with Crippen molar-refractivity contribution in [1.29, 1.82) is 0 Å². The number of hydrogen-bond donors (Lipinski definition) is 2. The lowest BCUT2D eigenvalue weighted by Gasteiger charge is -2.09. The molecule has 0 saturated carbocycles. The van der Waals surface area contributed by atoms with E-state index >= 15 is 0 Å². The van der Waals surface area contributed by atoms with E-state index in [1.165, 1.54) is 11.3 Å². The number of amides is 1. The van der Waals surface area contributed by atoms with Gasteiger partial charge in [0.2, 0.25) is 0 Å². The molecule has 0 radical (unpaired) electrons. The smallest absolute Gasteiger partial charge is 0.250 e. The van der Waals surface area contributed by atoms with Crippen LogP contribution in [-0.2, 0) is 6.54 Å². The number of hydrogen-bond acceptors (Lipinski definition) is 4. The molecule has 1 aromatic carbocycles. The number of benzene rings is 1. The summed E-state index contributed by atoms with van der Waals surface area (Å²) in [4.78, 5) is 16.4. The van der Waals surface area contributed by atoms with Crippen molar-refractivity contribution in [3.05, 3.63) is 52.0 Å². The van der Waals surface area contributed by atoms with Crippen LogP contribution < -0.4 is 5.73 Å². The predicted molar refractivity (Wildman–Crippen MR) is 101 cm³/mol. The van der Waals surface area contributed by atoms with Crippen molar-refractivity contribution >= 4 is 28.8 Å². The SMILES string of the molecule is Cc1c(C(N)=O)cc(-c2csc(-c3ccc(Cl)cc3)n2)n1CCCO. The van der Waals surface area contributed by atoms with Crippen LogP contribution in [0.15, 0.2) is 35.7 Å². The van der Waals surface area contributed by atoms with Crippen LogP contribution in [0.1, 0.15) is 22.5 Å². The van der Waals surface area contributed by atoms with E-state index in [1.54, 1.807) is 6.07 Å². The minimum absolute atomic E-state index is 0.0794. The van der Waals surface area contributed by atoms with Crippen molar-refractivity contribution < 1.29 is 9.90 Å². The number of rotatable bonds is 6. The van der Waals surface area contributed by atoms with Gasteiger partial charge in [0.05, 0.1) is 17.0 Å². The number of thiazole rings is 1. The quantitative estimate of drug-likeness (QED) is 0.688. The van der Waals surface area contributed by atoms with Gasteiger partial charge in [-0.15, -0.1) is 11.3 Å². The van der Waals surface area contributed by atoms with E-state index in [0.29, 0.717) is 23.6 Å². The highest BCUT2D eigenvalue weighted by Crippen LogP contribution is 2.32. The third-order valence-electron chi connectivity index (χ3n) is 4.03. The third kappa shape index (κ3) is 3.61. The Balaban J connectivity index is 2.02. The Bertz CT molecular complexity index is 900. The van der Waals surface area contributed by atoms with Crippen LogP contribution in [0.5, 0.6) is 0 Å². The number of primary amides is 1. The highest BCUT2D eigenvalue weighted by Gasteiger charge is 2.18. The molecule has 2 heterocycles. The van der Waals surface area contributed by atoms with Gasteiger partial charge in [-0.3, -0.25) is 4.79 Å². The topological polar surface area (TPSA) is 81.1 Å². The Labute approximate surface area is 154 Å². The second-order valence-electron chi connectivity index (χ2n) is 5.67. The summed E-state index contributed by atoms with van der Waals surface area (Å²) in [7, 11) is 0. The molecule has 130 valence electrons. The number of halogens is 1. The first kappa shape index (κ1) is 17.7. The Morgan fingerprint density at radius 1 is 1.36 bits per heavy atom. The fourth-order valence-electron chi connectivity index (χ4n) is 2.74.